The number of ether oxygens (including phenoxy) is 2. The van der Waals surface area contributed by atoms with E-state index >= 15 is 0 Å². The van der Waals surface area contributed by atoms with Gasteiger partial charge in [0.1, 0.15) is 0 Å². The Bertz CT molecular complexity index is 1190. The fraction of sp³-hybridized carbons (Fsp3) is 0.208. The predicted octanol–water partition coefficient (Wildman–Crippen LogP) is 5.44. The summed E-state index contributed by atoms with van der Waals surface area (Å²) in [5.74, 6) is 1.96. The maximum atomic E-state index is 12.9. The third-order valence-corrected chi connectivity index (χ3v) is 5.49. The molecule has 0 saturated heterocycles. The number of nitrogens with one attached hydrogen (secondary N) is 1. The van der Waals surface area contributed by atoms with Gasteiger partial charge in [-0.05, 0) is 55.1 Å². The summed E-state index contributed by atoms with van der Waals surface area (Å²) in [7, 11) is 0. The summed E-state index contributed by atoms with van der Waals surface area (Å²) < 4.78 is 16.6. The van der Waals surface area contributed by atoms with Gasteiger partial charge in [0.25, 0.3) is 5.91 Å². The first-order valence-corrected chi connectivity index (χ1v) is 11.2. The smallest absolute Gasteiger partial charge is 0.255 e. The summed E-state index contributed by atoms with van der Waals surface area (Å²) >= 11 is 1.55. The zero-order chi connectivity index (χ0) is 22.3. The number of amides is 1. The van der Waals surface area contributed by atoms with Crippen molar-refractivity contribution in [3.63, 3.8) is 0 Å². The second-order valence-corrected chi connectivity index (χ2v) is 7.75. The second kappa shape index (κ2) is 10.1. The molecule has 2 aromatic carbocycles. The molecule has 0 aliphatic heterocycles. The number of carbonyl (C=O) groups excluding carboxylic acids is 1. The highest BCUT2D eigenvalue weighted by molar-refractivity contribution is 7.13. The minimum Gasteiger partial charge on any atom is -0.490 e. The third kappa shape index (κ3) is 4.97. The van der Waals surface area contributed by atoms with Crippen LogP contribution in [0.3, 0.4) is 0 Å². The number of aromatic nitrogens is 2. The first kappa shape index (κ1) is 21.6. The van der Waals surface area contributed by atoms with Gasteiger partial charge in [-0.15, -0.1) is 11.3 Å². The lowest BCUT2D eigenvalue weighted by Crippen LogP contribution is -2.14. The Balaban J connectivity index is 1.52. The molecule has 1 amide bonds. The van der Waals surface area contributed by atoms with E-state index in [1.807, 2.05) is 55.6 Å². The van der Waals surface area contributed by atoms with E-state index in [4.69, 9.17) is 14.0 Å². The molecule has 0 fully saturated rings. The Morgan fingerprint density at radius 2 is 1.84 bits per heavy atom. The molecular weight excluding hydrogens is 426 g/mol. The Morgan fingerprint density at radius 3 is 2.62 bits per heavy atom. The van der Waals surface area contributed by atoms with Crippen molar-refractivity contribution >= 4 is 22.9 Å². The molecular formula is C24H23N3O4S. The number of anilines is 1. The molecule has 0 aliphatic rings. The Morgan fingerprint density at radius 1 is 1.03 bits per heavy atom. The molecule has 0 atom stereocenters. The molecule has 2 heterocycles. The molecule has 164 valence electrons. The summed E-state index contributed by atoms with van der Waals surface area (Å²) in [4.78, 5) is 18.4. The Labute approximate surface area is 190 Å². The minimum absolute atomic E-state index is 0.244. The topological polar surface area (TPSA) is 86.5 Å². The standard InChI is InChI=1S/C24H23N3O4S/c1-3-29-19-12-11-17(14-20(19)30-4-2)24(28)25-18-9-6-5-8-16(18)15-22-26-23(27-31-22)21-10-7-13-32-21/h5-14H,3-4,15H2,1-2H3,(H,25,28). The number of rotatable bonds is 9. The SMILES string of the molecule is CCOc1ccc(C(=O)Nc2ccccc2Cc2nc(-c3cccs3)no2)cc1OCC. The lowest BCUT2D eigenvalue weighted by molar-refractivity contribution is 0.102. The summed E-state index contributed by atoms with van der Waals surface area (Å²) in [5.41, 5.74) is 2.03. The number of carbonyl (C=O) groups is 1. The molecule has 32 heavy (non-hydrogen) atoms. The van der Waals surface area contributed by atoms with Gasteiger partial charge in [-0.25, -0.2) is 0 Å². The molecule has 4 rings (SSSR count). The van der Waals surface area contributed by atoms with Gasteiger partial charge < -0.3 is 19.3 Å². The van der Waals surface area contributed by atoms with E-state index in [0.29, 0.717) is 54.1 Å². The van der Waals surface area contributed by atoms with Crippen molar-refractivity contribution in [3.05, 3.63) is 77.0 Å². The summed E-state index contributed by atoms with van der Waals surface area (Å²) in [5, 5.41) is 9.00. The normalized spacial score (nSPS) is 10.7. The number of para-hydroxylation sites is 1. The number of hydrogen-bond donors (Lipinski definition) is 1. The van der Waals surface area contributed by atoms with Gasteiger partial charge in [0.15, 0.2) is 11.5 Å². The summed E-state index contributed by atoms with van der Waals surface area (Å²) in [6.07, 6.45) is 0.405. The monoisotopic (exact) mass is 449 g/mol. The quantitative estimate of drug-likeness (QED) is 0.366. The molecule has 7 nitrogen and oxygen atoms in total. The average Bonchev–Trinajstić information content (AvgIpc) is 3.49. The van der Waals surface area contributed by atoms with Crippen LogP contribution < -0.4 is 14.8 Å². The molecule has 8 heteroatoms. The van der Waals surface area contributed by atoms with Crippen LogP contribution in [0, 0.1) is 0 Å². The molecule has 0 radical (unpaired) electrons. The number of hydrogen-bond acceptors (Lipinski definition) is 7. The first-order valence-electron chi connectivity index (χ1n) is 10.3. The number of nitrogens with zero attached hydrogens (tertiary/aromatic N) is 2. The van der Waals surface area contributed by atoms with Crippen molar-refractivity contribution < 1.29 is 18.8 Å². The van der Waals surface area contributed by atoms with Crippen LogP contribution in [0.1, 0.15) is 35.7 Å². The van der Waals surface area contributed by atoms with Crippen LogP contribution in [-0.4, -0.2) is 29.3 Å². The number of benzene rings is 2. The molecule has 0 unspecified atom stereocenters. The molecule has 2 aromatic heterocycles. The van der Waals surface area contributed by atoms with E-state index in [1.165, 1.54) is 0 Å². The van der Waals surface area contributed by atoms with Gasteiger partial charge in [-0.3, -0.25) is 4.79 Å². The van der Waals surface area contributed by atoms with Gasteiger partial charge in [0.05, 0.1) is 24.5 Å². The lowest BCUT2D eigenvalue weighted by Gasteiger charge is -2.13. The molecule has 1 N–H and O–H groups in total. The zero-order valence-electron chi connectivity index (χ0n) is 17.8. The summed E-state index contributed by atoms with van der Waals surface area (Å²) in [6.45, 7) is 4.79. The minimum atomic E-state index is -0.244. The van der Waals surface area contributed by atoms with Crippen molar-refractivity contribution in [3.8, 4) is 22.2 Å². The maximum Gasteiger partial charge on any atom is 0.255 e. The lowest BCUT2D eigenvalue weighted by atomic mass is 10.1. The molecule has 4 aromatic rings. The highest BCUT2D eigenvalue weighted by Crippen LogP contribution is 2.29. The second-order valence-electron chi connectivity index (χ2n) is 6.80. The van der Waals surface area contributed by atoms with E-state index in [2.05, 4.69) is 15.5 Å². The molecule has 0 bridgehead atoms. The van der Waals surface area contributed by atoms with Crippen molar-refractivity contribution in [2.45, 2.75) is 20.3 Å². The Hall–Kier alpha value is -3.65. The fourth-order valence-electron chi connectivity index (χ4n) is 3.18. The Kier molecular flexibility index (Phi) is 6.81. The predicted molar refractivity (Wildman–Crippen MR) is 124 cm³/mol. The van der Waals surface area contributed by atoms with Crippen LogP contribution in [0.15, 0.2) is 64.5 Å². The van der Waals surface area contributed by atoms with E-state index in [0.717, 1.165) is 10.4 Å². The van der Waals surface area contributed by atoms with Crippen LogP contribution in [0.5, 0.6) is 11.5 Å². The van der Waals surface area contributed by atoms with Crippen molar-refractivity contribution in [1.29, 1.82) is 0 Å². The first-order chi connectivity index (χ1) is 15.7. The van der Waals surface area contributed by atoms with Crippen LogP contribution in [0.25, 0.3) is 10.7 Å². The third-order valence-electron chi connectivity index (χ3n) is 4.62. The highest BCUT2D eigenvalue weighted by atomic mass is 32.1. The fourth-order valence-corrected chi connectivity index (χ4v) is 3.83. The maximum absolute atomic E-state index is 12.9. The van der Waals surface area contributed by atoms with Crippen molar-refractivity contribution in [1.82, 2.24) is 10.1 Å². The van der Waals surface area contributed by atoms with E-state index in [9.17, 15) is 4.79 Å². The van der Waals surface area contributed by atoms with Crippen LogP contribution in [0.4, 0.5) is 5.69 Å². The van der Waals surface area contributed by atoms with Gasteiger partial charge in [0, 0.05) is 11.3 Å². The van der Waals surface area contributed by atoms with E-state index in [-0.39, 0.29) is 5.91 Å². The van der Waals surface area contributed by atoms with Gasteiger partial charge >= 0.3 is 0 Å². The summed E-state index contributed by atoms with van der Waals surface area (Å²) in [6, 6.07) is 16.6. The van der Waals surface area contributed by atoms with E-state index in [1.54, 1.807) is 29.5 Å². The molecule has 0 aliphatic carbocycles. The van der Waals surface area contributed by atoms with Crippen LogP contribution in [-0.2, 0) is 6.42 Å². The van der Waals surface area contributed by atoms with Crippen LogP contribution >= 0.6 is 11.3 Å². The van der Waals surface area contributed by atoms with Gasteiger partial charge in [0.2, 0.25) is 11.7 Å². The largest absolute Gasteiger partial charge is 0.490 e. The van der Waals surface area contributed by atoms with Crippen molar-refractivity contribution in [2.24, 2.45) is 0 Å². The van der Waals surface area contributed by atoms with Crippen LogP contribution in [0.2, 0.25) is 0 Å². The van der Waals surface area contributed by atoms with Crippen molar-refractivity contribution in [2.75, 3.05) is 18.5 Å². The van der Waals surface area contributed by atoms with Gasteiger partial charge in [-0.2, -0.15) is 4.98 Å². The molecule has 0 saturated carbocycles. The molecule has 0 spiro atoms. The van der Waals surface area contributed by atoms with E-state index < -0.39 is 0 Å². The van der Waals surface area contributed by atoms with Gasteiger partial charge in [-0.1, -0.05) is 29.4 Å². The number of thiophene rings is 1. The zero-order valence-corrected chi connectivity index (χ0v) is 18.6. The average molecular weight is 450 g/mol. The highest BCUT2D eigenvalue weighted by Gasteiger charge is 2.15.